The zero-order valence-electron chi connectivity index (χ0n) is 15.3. The number of methoxy groups -OCH3 is 2. The zero-order chi connectivity index (χ0) is 20.5. The van der Waals surface area contributed by atoms with E-state index in [1.54, 1.807) is 34.8 Å². The van der Waals surface area contributed by atoms with Gasteiger partial charge in [-0.25, -0.2) is 4.52 Å². The molecule has 0 aliphatic rings. The second-order valence-electron chi connectivity index (χ2n) is 5.90. The molecule has 0 atom stereocenters. The van der Waals surface area contributed by atoms with Crippen molar-refractivity contribution in [3.8, 4) is 22.8 Å². The highest BCUT2D eigenvalue weighted by molar-refractivity contribution is 7.15. The number of nitrogens with one attached hydrogen (secondary N) is 1. The fraction of sp³-hybridized carbons (Fsp3) is 0.105. The molecule has 0 saturated heterocycles. The maximum absolute atomic E-state index is 12.6. The van der Waals surface area contributed by atoms with Gasteiger partial charge in [0.25, 0.3) is 11.9 Å². The Balaban J connectivity index is 1.63. The second kappa shape index (κ2) is 7.90. The highest BCUT2D eigenvalue weighted by atomic mass is 35.5. The van der Waals surface area contributed by atoms with E-state index in [0.29, 0.717) is 32.1 Å². The number of benzene rings is 2. The smallest absolute Gasteiger partial charge is 0.258 e. The first-order valence-electron chi connectivity index (χ1n) is 8.33. The summed E-state index contributed by atoms with van der Waals surface area (Å²) in [5.74, 6) is 0.811. The van der Waals surface area contributed by atoms with Crippen molar-refractivity contribution in [1.82, 2.24) is 14.6 Å². The van der Waals surface area contributed by atoms with E-state index in [1.807, 2.05) is 11.4 Å². The van der Waals surface area contributed by atoms with Crippen molar-refractivity contribution >= 4 is 51.4 Å². The Bertz CT molecular complexity index is 1220. The van der Waals surface area contributed by atoms with Crippen LogP contribution in [-0.2, 0) is 0 Å². The van der Waals surface area contributed by atoms with Gasteiger partial charge in [0.2, 0.25) is 4.96 Å². The number of ether oxygens (including phenoxy) is 2. The normalized spacial score (nSPS) is 10.9. The highest BCUT2D eigenvalue weighted by Crippen LogP contribution is 2.33. The van der Waals surface area contributed by atoms with E-state index < -0.39 is 0 Å². The summed E-state index contributed by atoms with van der Waals surface area (Å²) in [6, 6.07) is 10.1. The lowest BCUT2D eigenvalue weighted by atomic mass is 10.2. The summed E-state index contributed by atoms with van der Waals surface area (Å²) in [7, 11) is 3.04. The molecule has 2 heterocycles. The van der Waals surface area contributed by atoms with Crippen molar-refractivity contribution in [3.63, 3.8) is 0 Å². The van der Waals surface area contributed by atoms with Crippen LogP contribution < -0.4 is 14.8 Å². The molecule has 4 aromatic rings. The third kappa shape index (κ3) is 3.74. The van der Waals surface area contributed by atoms with Crippen molar-refractivity contribution < 1.29 is 14.3 Å². The van der Waals surface area contributed by atoms with Crippen molar-refractivity contribution in [2.45, 2.75) is 0 Å². The van der Waals surface area contributed by atoms with Crippen LogP contribution in [0.1, 0.15) is 10.4 Å². The van der Waals surface area contributed by atoms with Crippen LogP contribution in [0.15, 0.2) is 41.8 Å². The van der Waals surface area contributed by atoms with Crippen LogP contribution >= 0.6 is 34.5 Å². The summed E-state index contributed by atoms with van der Waals surface area (Å²) in [6.07, 6.45) is 0. The number of rotatable bonds is 5. The number of carbonyl (C=O) groups is 1. The summed E-state index contributed by atoms with van der Waals surface area (Å²) < 4.78 is 12.1. The summed E-state index contributed by atoms with van der Waals surface area (Å²) in [5.41, 5.74) is 1.91. The minimum Gasteiger partial charge on any atom is -0.493 e. The average molecular weight is 449 g/mol. The molecule has 1 N–H and O–H groups in total. The van der Waals surface area contributed by atoms with Gasteiger partial charge in [-0.3, -0.25) is 10.1 Å². The molecule has 0 fully saturated rings. The Morgan fingerprint density at radius 3 is 2.62 bits per heavy atom. The number of aromatic nitrogens is 3. The molecule has 10 heteroatoms. The van der Waals surface area contributed by atoms with Crippen LogP contribution in [0.3, 0.4) is 0 Å². The first kappa shape index (κ1) is 19.5. The van der Waals surface area contributed by atoms with Crippen LogP contribution in [0.5, 0.6) is 11.5 Å². The molecular formula is C19H14Cl2N4O3S. The molecule has 2 aromatic heterocycles. The number of hydrogen-bond donors (Lipinski definition) is 1. The quantitative estimate of drug-likeness (QED) is 0.462. The lowest BCUT2D eigenvalue weighted by Crippen LogP contribution is -2.13. The zero-order valence-corrected chi connectivity index (χ0v) is 17.6. The van der Waals surface area contributed by atoms with E-state index in [1.165, 1.54) is 25.6 Å². The lowest BCUT2D eigenvalue weighted by molar-refractivity contribution is 0.102. The summed E-state index contributed by atoms with van der Waals surface area (Å²) in [5, 5.41) is 10.0. The fourth-order valence-corrected chi connectivity index (χ4v) is 4.10. The SMILES string of the molecule is COc1ccc(C(=O)Nc2nc3scc(-c4ccc(Cl)cc4Cl)n3n2)cc1OC. The summed E-state index contributed by atoms with van der Waals surface area (Å²) in [6.45, 7) is 0. The molecule has 4 rings (SSSR count). The van der Waals surface area contributed by atoms with Crippen molar-refractivity contribution in [2.24, 2.45) is 0 Å². The van der Waals surface area contributed by atoms with Crippen LogP contribution in [0.2, 0.25) is 10.0 Å². The van der Waals surface area contributed by atoms with Gasteiger partial charge in [-0.05, 0) is 36.4 Å². The van der Waals surface area contributed by atoms with Gasteiger partial charge < -0.3 is 9.47 Å². The molecule has 29 heavy (non-hydrogen) atoms. The first-order valence-corrected chi connectivity index (χ1v) is 9.97. The Morgan fingerprint density at radius 2 is 1.90 bits per heavy atom. The van der Waals surface area contributed by atoms with Gasteiger partial charge in [-0.1, -0.05) is 23.2 Å². The molecule has 0 bridgehead atoms. The molecule has 1 amide bonds. The van der Waals surface area contributed by atoms with Crippen LogP contribution in [0.25, 0.3) is 16.2 Å². The standard InChI is InChI=1S/C19H14Cl2N4O3S/c1-27-15-6-3-10(7-16(15)28-2)17(26)22-18-23-19-25(24-18)14(9-29-19)12-5-4-11(20)8-13(12)21/h3-9H,1-2H3,(H,22,24,26). The molecule has 2 aromatic carbocycles. The number of amides is 1. The largest absolute Gasteiger partial charge is 0.493 e. The third-order valence-corrected chi connectivity index (χ3v) is 5.52. The molecule has 7 nitrogen and oxygen atoms in total. The number of thiazole rings is 1. The second-order valence-corrected chi connectivity index (χ2v) is 7.58. The molecule has 0 spiro atoms. The van der Waals surface area contributed by atoms with Crippen LogP contribution in [0.4, 0.5) is 5.95 Å². The minimum atomic E-state index is -0.365. The molecule has 0 radical (unpaired) electrons. The first-order chi connectivity index (χ1) is 14.0. The van der Waals surface area contributed by atoms with Gasteiger partial charge in [0.1, 0.15) is 0 Å². The molecular weight excluding hydrogens is 435 g/mol. The van der Waals surface area contributed by atoms with Gasteiger partial charge in [-0.15, -0.1) is 16.4 Å². The number of anilines is 1. The lowest BCUT2D eigenvalue weighted by Gasteiger charge is -2.08. The number of carbonyl (C=O) groups excluding carboxylic acids is 1. The molecule has 0 aliphatic carbocycles. The van der Waals surface area contributed by atoms with Gasteiger partial charge in [0, 0.05) is 21.5 Å². The van der Waals surface area contributed by atoms with E-state index in [9.17, 15) is 4.79 Å². The average Bonchev–Trinajstić information content (AvgIpc) is 3.28. The minimum absolute atomic E-state index is 0.183. The monoisotopic (exact) mass is 448 g/mol. The predicted octanol–water partition coefficient (Wildman–Crippen LogP) is 5.03. The third-order valence-electron chi connectivity index (χ3n) is 4.16. The van der Waals surface area contributed by atoms with E-state index in [4.69, 9.17) is 32.7 Å². The maximum atomic E-state index is 12.6. The van der Waals surface area contributed by atoms with E-state index >= 15 is 0 Å². The molecule has 148 valence electrons. The Morgan fingerprint density at radius 1 is 1.10 bits per heavy atom. The number of fused-ring (bicyclic) bond motifs is 1. The van der Waals surface area contributed by atoms with E-state index in [0.717, 1.165) is 11.3 Å². The Labute approximate surface area is 179 Å². The van der Waals surface area contributed by atoms with Crippen LogP contribution in [-0.4, -0.2) is 34.7 Å². The van der Waals surface area contributed by atoms with Crippen LogP contribution in [0, 0.1) is 0 Å². The Kier molecular flexibility index (Phi) is 5.31. The van der Waals surface area contributed by atoms with E-state index in [-0.39, 0.29) is 11.9 Å². The van der Waals surface area contributed by atoms with Gasteiger partial charge >= 0.3 is 0 Å². The topological polar surface area (TPSA) is 77.8 Å². The van der Waals surface area contributed by atoms with Crippen molar-refractivity contribution in [2.75, 3.05) is 19.5 Å². The highest BCUT2D eigenvalue weighted by Gasteiger charge is 2.17. The summed E-state index contributed by atoms with van der Waals surface area (Å²) in [4.78, 5) is 17.6. The molecule has 0 unspecified atom stereocenters. The number of hydrogen-bond acceptors (Lipinski definition) is 6. The van der Waals surface area contributed by atoms with Gasteiger partial charge in [-0.2, -0.15) is 4.98 Å². The molecule has 0 saturated carbocycles. The van der Waals surface area contributed by atoms with E-state index in [2.05, 4.69) is 15.4 Å². The number of halogens is 2. The van der Waals surface area contributed by atoms with Gasteiger partial charge in [0.15, 0.2) is 11.5 Å². The van der Waals surface area contributed by atoms with Crippen molar-refractivity contribution in [3.05, 3.63) is 57.4 Å². The maximum Gasteiger partial charge on any atom is 0.258 e. The fourth-order valence-electron chi connectivity index (χ4n) is 2.77. The summed E-state index contributed by atoms with van der Waals surface area (Å²) >= 11 is 13.7. The predicted molar refractivity (Wildman–Crippen MR) is 114 cm³/mol. The Hall–Kier alpha value is -2.81. The number of nitrogens with zero attached hydrogens (tertiary/aromatic N) is 3. The van der Waals surface area contributed by atoms with Gasteiger partial charge in [0.05, 0.1) is 24.9 Å². The van der Waals surface area contributed by atoms with Crippen molar-refractivity contribution in [1.29, 1.82) is 0 Å². The molecule has 0 aliphatic heterocycles.